The molecule has 0 bridgehead atoms. The molecular weight excluding hydrogens is 136 g/mol. The molecule has 0 saturated heterocycles. The monoisotopic (exact) mass is 154 g/mol. The third-order valence-electron chi connectivity index (χ3n) is 2.93. The lowest BCUT2D eigenvalue weighted by atomic mass is 9.74. The second-order valence-electron chi connectivity index (χ2n) is 4.17. The Morgan fingerprint density at radius 2 is 2.09 bits per heavy atom. The van der Waals surface area contributed by atoms with E-state index < -0.39 is 0 Å². The SMILES string of the molecule is CC(C)C1CC(=O)CCC1C. The molecule has 0 aromatic heterocycles. The zero-order valence-corrected chi connectivity index (χ0v) is 7.76. The van der Waals surface area contributed by atoms with Crippen molar-refractivity contribution in [3.05, 3.63) is 0 Å². The van der Waals surface area contributed by atoms with Crippen molar-refractivity contribution in [2.24, 2.45) is 17.8 Å². The summed E-state index contributed by atoms with van der Waals surface area (Å²) in [6.07, 6.45) is 2.77. The zero-order chi connectivity index (χ0) is 8.43. The summed E-state index contributed by atoms with van der Waals surface area (Å²) in [5.74, 6) is 2.56. The van der Waals surface area contributed by atoms with Crippen LogP contribution in [0.3, 0.4) is 0 Å². The highest BCUT2D eigenvalue weighted by Crippen LogP contribution is 2.32. The Hall–Kier alpha value is -0.330. The molecular formula is C10H18O. The third kappa shape index (κ3) is 2.05. The Morgan fingerprint density at radius 3 is 2.55 bits per heavy atom. The quantitative estimate of drug-likeness (QED) is 0.567. The van der Waals surface area contributed by atoms with Crippen LogP contribution in [-0.4, -0.2) is 5.78 Å². The summed E-state index contributed by atoms with van der Waals surface area (Å²) < 4.78 is 0. The van der Waals surface area contributed by atoms with Crippen LogP contribution in [0.2, 0.25) is 0 Å². The molecule has 1 heteroatoms. The molecule has 64 valence electrons. The summed E-state index contributed by atoms with van der Waals surface area (Å²) in [5.41, 5.74) is 0. The Labute approximate surface area is 69.2 Å². The van der Waals surface area contributed by atoms with Gasteiger partial charge in [-0.1, -0.05) is 20.8 Å². The molecule has 1 nitrogen and oxygen atoms in total. The van der Waals surface area contributed by atoms with E-state index >= 15 is 0 Å². The minimum absolute atomic E-state index is 0.474. The number of hydrogen-bond donors (Lipinski definition) is 0. The van der Waals surface area contributed by atoms with E-state index in [9.17, 15) is 4.79 Å². The van der Waals surface area contributed by atoms with Crippen LogP contribution in [0.25, 0.3) is 0 Å². The van der Waals surface area contributed by atoms with Crippen molar-refractivity contribution in [2.75, 3.05) is 0 Å². The summed E-state index contributed by atoms with van der Waals surface area (Å²) in [4.78, 5) is 11.1. The number of rotatable bonds is 1. The van der Waals surface area contributed by atoms with Gasteiger partial charge in [-0.15, -0.1) is 0 Å². The predicted molar refractivity (Wildman–Crippen MR) is 46.4 cm³/mol. The van der Waals surface area contributed by atoms with E-state index in [0.717, 1.165) is 25.2 Å². The normalized spacial score (nSPS) is 32.9. The summed E-state index contributed by atoms with van der Waals surface area (Å²) in [6, 6.07) is 0. The molecule has 11 heavy (non-hydrogen) atoms. The first-order valence-corrected chi connectivity index (χ1v) is 4.63. The van der Waals surface area contributed by atoms with E-state index in [0.29, 0.717) is 17.6 Å². The highest BCUT2D eigenvalue weighted by atomic mass is 16.1. The van der Waals surface area contributed by atoms with Crippen molar-refractivity contribution in [3.63, 3.8) is 0 Å². The highest BCUT2D eigenvalue weighted by Gasteiger charge is 2.27. The molecule has 0 radical (unpaired) electrons. The van der Waals surface area contributed by atoms with Crippen molar-refractivity contribution in [2.45, 2.75) is 40.0 Å². The Bertz CT molecular complexity index is 149. The number of ketones is 1. The summed E-state index contributed by atoms with van der Waals surface area (Å²) in [6.45, 7) is 6.72. The van der Waals surface area contributed by atoms with E-state index in [-0.39, 0.29) is 0 Å². The largest absolute Gasteiger partial charge is 0.300 e. The lowest BCUT2D eigenvalue weighted by Gasteiger charge is -2.30. The van der Waals surface area contributed by atoms with Gasteiger partial charge in [0.05, 0.1) is 0 Å². The fraction of sp³-hybridized carbons (Fsp3) is 0.900. The first kappa shape index (κ1) is 8.76. The van der Waals surface area contributed by atoms with Gasteiger partial charge in [-0.3, -0.25) is 4.79 Å². The van der Waals surface area contributed by atoms with Crippen LogP contribution >= 0.6 is 0 Å². The average Bonchev–Trinajstić information content (AvgIpc) is 1.94. The number of hydrogen-bond acceptors (Lipinski definition) is 1. The average molecular weight is 154 g/mol. The number of carbonyl (C=O) groups excluding carboxylic acids is 1. The first-order chi connectivity index (χ1) is 5.11. The van der Waals surface area contributed by atoms with Gasteiger partial charge in [0.15, 0.2) is 0 Å². The minimum atomic E-state index is 0.474. The maximum atomic E-state index is 11.1. The van der Waals surface area contributed by atoms with Crippen molar-refractivity contribution in [1.82, 2.24) is 0 Å². The van der Waals surface area contributed by atoms with Gasteiger partial charge in [-0.25, -0.2) is 0 Å². The minimum Gasteiger partial charge on any atom is -0.300 e. The summed E-state index contributed by atoms with van der Waals surface area (Å²) >= 11 is 0. The molecule has 1 saturated carbocycles. The molecule has 0 spiro atoms. The van der Waals surface area contributed by atoms with Gasteiger partial charge in [0, 0.05) is 12.8 Å². The van der Waals surface area contributed by atoms with Gasteiger partial charge >= 0.3 is 0 Å². The van der Waals surface area contributed by atoms with E-state index in [1.165, 1.54) is 0 Å². The van der Waals surface area contributed by atoms with Crippen molar-refractivity contribution in [1.29, 1.82) is 0 Å². The highest BCUT2D eigenvalue weighted by molar-refractivity contribution is 5.79. The van der Waals surface area contributed by atoms with Crippen LogP contribution in [0.15, 0.2) is 0 Å². The smallest absolute Gasteiger partial charge is 0.133 e. The predicted octanol–water partition coefficient (Wildman–Crippen LogP) is 2.65. The van der Waals surface area contributed by atoms with Crippen LogP contribution in [0, 0.1) is 17.8 Å². The molecule has 0 amide bonds. The molecule has 0 aromatic carbocycles. The van der Waals surface area contributed by atoms with Gasteiger partial charge in [0.2, 0.25) is 0 Å². The molecule has 1 rings (SSSR count). The summed E-state index contributed by atoms with van der Waals surface area (Å²) in [7, 11) is 0. The maximum absolute atomic E-state index is 11.1. The van der Waals surface area contributed by atoms with Gasteiger partial charge < -0.3 is 0 Å². The van der Waals surface area contributed by atoms with Crippen LogP contribution in [0.1, 0.15) is 40.0 Å². The third-order valence-corrected chi connectivity index (χ3v) is 2.93. The van der Waals surface area contributed by atoms with Crippen molar-refractivity contribution >= 4 is 5.78 Å². The van der Waals surface area contributed by atoms with Gasteiger partial charge in [-0.05, 0) is 24.2 Å². The van der Waals surface area contributed by atoms with E-state index in [2.05, 4.69) is 20.8 Å². The Balaban J connectivity index is 2.54. The van der Waals surface area contributed by atoms with Crippen molar-refractivity contribution in [3.8, 4) is 0 Å². The summed E-state index contributed by atoms with van der Waals surface area (Å²) in [5, 5.41) is 0. The molecule has 1 aliphatic rings. The Morgan fingerprint density at radius 1 is 1.45 bits per heavy atom. The lowest BCUT2D eigenvalue weighted by molar-refractivity contribution is -0.123. The van der Waals surface area contributed by atoms with E-state index in [1.807, 2.05) is 0 Å². The molecule has 1 fully saturated rings. The standard InChI is InChI=1S/C10H18O/c1-7(2)10-6-9(11)5-4-8(10)3/h7-8,10H,4-6H2,1-3H3. The van der Waals surface area contributed by atoms with Gasteiger partial charge in [0.25, 0.3) is 0 Å². The van der Waals surface area contributed by atoms with E-state index in [1.54, 1.807) is 0 Å². The van der Waals surface area contributed by atoms with Crippen molar-refractivity contribution < 1.29 is 4.79 Å². The zero-order valence-electron chi connectivity index (χ0n) is 7.76. The fourth-order valence-electron chi connectivity index (χ4n) is 2.06. The molecule has 1 aliphatic carbocycles. The number of carbonyl (C=O) groups is 1. The second kappa shape index (κ2) is 3.38. The lowest BCUT2D eigenvalue weighted by Crippen LogP contribution is -2.26. The van der Waals surface area contributed by atoms with Crippen LogP contribution < -0.4 is 0 Å². The maximum Gasteiger partial charge on any atom is 0.133 e. The fourth-order valence-corrected chi connectivity index (χ4v) is 2.06. The van der Waals surface area contributed by atoms with Gasteiger partial charge in [0.1, 0.15) is 5.78 Å². The first-order valence-electron chi connectivity index (χ1n) is 4.63. The molecule has 0 aromatic rings. The van der Waals surface area contributed by atoms with Gasteiger partial charge in [-0.2, -0.15) is 0 Å². The molecule has 2 atom stereocenters. The van der Waals surface area contributed by atoms with Crippen LogP contribution in [0.5, 0.6) is 0 Å². The van der Waals surface area contributed by atoms with Crippen LogP contribution in [0.4, 0.5) is 0 Å². The number of Topliss-reactive ketones (excluding diaryl/α,β-unsaturated/α-hetero) is 1. The molecule has 0 N–H and O–H groups in total. The van der Waals surface area contributed by atoms with Crippen LogP contribution in [-0.2, 0) is 4.79 Å². The topological polar surface area (TPSA) is 17.1 Å². The molecule has 0 aliphatic heterocycles. The second-order valence-corrected chi connectivity index (χ2v) is 4.17. The van der Waals surface area contributed by atoms with E-state index in [4.69, 9.17) is 0 Å². The molecule has 2 unspecified atom stereocenters. The molecule has 0 heterocycles. The Kier molecular flexibility index (Phi) is 2.69.